The van der Waals surface area contributed by atoms with Crippen LogP contribution in [0.15, 0.2) is 59.0 Å². The van der Waals surface area contributed by atoms with Gasteiger partial charge in [-0.25, -0.2) is 4.79 Å². The minimum Gasteiger partial charge on any atom is -0.436 e. The first-order valence-electron chi connectivity index (χ1n) is 10.9. The van der Waals surface area contributed by atoms with Gasteiger partial charge in [0.25, 0.3) is 0 Å². The number of benzene rings is 3. The van der Waals surface area contributed by atoms with Gasteiger partial charge in [-0.1, -0.05) is 35.4 Å². The summed E-state index contributed by atoms with van der Waals surface area (Å²) in [5, 5.41) is 0.822. The van der Waals surface area contributed by atoms with E-state index in [4.69, 9.17) is 9.15 Å². The molecule has 4 aromatic rings. The predicted molar refractivity (Wildman–Crippen MR) is 122 cm³/mol. The topological polar surface area (TPSA) is 42.7 Å². The van der Waals surface area contributed by atoms with Crippen LogP contribution in [0.5, 0.6) is 5.75 Å². The Morgan fingerprint density at radius 2 is 1.68 bits per heavy atom. The van der Waals surface area contributed by atoms with E-state index in [2.05, 4.69) is 23.1 Å². The first-order valence-corrected chi connectivity index (χ1v) is 10.9. The van der Waals surface area contributed by atoms with E-state index in [1.54, 1.807) is 0 Å². The van der Waals surface area contributed by atoms with Crippen LogP contribution in [0.4, 0.5) is 17.3 Å². The highest BCUT2D eigenvalue weighted by molar-refractivity contribution is 6.06. The van der Waals surface area contributed by atoms with Crippen molar-refractivity contribution in [3.05, 3.63) is 82.4 Å². The van der Waals surface area contributed by atoms with Gasteiger partial charge in [0.1, 0.15) is 5.58 Å². The molecule has 0 radical (unpaired) electrons. The van der Waals surface area contributed by atoms with Gasteiger partial charge in [-0.2, -0.15) is 0 Å². The summed E-state index contributed by atoms with van der Waals surface area (Å²) in [6.45, 7) is 4.02. The Bertz CT molecular complexity index is 1360. The van der Waals surface area contributed by atoms with Gasteiger partial charge in [-0.3, -0.25) is 4.90 Å². The molecule has 0 fully saturated rings. The van der Waals surface area contributed by atoms with Gasteiger partial charge in [0, 0.05) is 0 Å². The van der Waals surface area contributed by atoms with E-state index in [1.165, 1.54) is 24.0 Å². The maximum Gasteiger partial charge on any atom is 0.345 e. The van der Waals surface area contributed by atoms with Crippen molar-refractivity contribution in [2.45, 2.75) is 39.5 Å². The van der Waals surface area contributed by atoms with Crippen LogP contribution in [0.25, 0.3) is 11.0 Å². The van der Waals surface area contributed by atoms with E-state index in [-0.39, 0.29) is 5.97 Å². The van der Waals surface area contributed by atoms with Crippen molar-refractivity contribution in [3.63, 3.8) is 0 Å². The molecule has 0 unspecified atom stereocenters. The zero-order valence-electron chi connectivity index (χ0n) is 17.7. The number of hydrogen-bond acceptors (Lipinski definition) is 4. The zero-order chi connectivity index (χ0) is 21.1. The minimum absolute atomic E-state index is 0.351. The predicted octanol–water partition coefficient (Wildman–Crippen LogP) is 6.93. The van der Waals surface area contributed by atoms with Gasteiger partial charge < -0.3 is 9.15 Å². The number of carbonyl (C=O) groups excluding carboxylic acids is 1. The molecule has 0 bridgehead atoms. The van der Waals surface area contributed by atoms with E-state index in [0.717, 1.165) is 40.7 Å². The van der Waals surface area contributed by atoms with Crippen molar-refractivity contribution in [1.82, 2.24) is 0 Å². The number of rotatable bonds is 1. The van der Waals surface area contributed by atoms with Gasteiger partial charge in [0.2, 0.25) is 11.6 Å². The summed E-state index contributed by atoms with van der Waals surface area (Å²) < 4.78 is 12.3. The Morgan fingerprint density at radius 1 is 0.871 bits per heavy atom. The lowest BCUT2D eigenvalue weighted by Crippen LogP contribution is -2.16. The number of anilines is 3. The van der Waals surface area contributed by atoms with E-state index >= 15 is 0 Å². The van der Waals surface area contributed by atoms with Crippen molar-refractivity contribution in [1.29, 1.82) is 0 Å². The molecule has 4 nitrogen and oxygen atoms in total. The third-order valence-electron chi connectivity index (χ3n) is 6.40. The standard InChI is InChI=1S/C27H23NO3/c1-16-10-12-23-20(14-16)27(29)31-25-21-15-17(2)11-13-24(21)30-26(25)28(23)22-9-5-7-18-6-3-4-8-19(18)22/h5,7,9-15H,3-4,6,8H2,1-2H3. The van der Waals surface area contributed by atoms with E-state index in [0.29, 0.717) is 22.8 Å². The summed E-state index contributed by atoms with van der Waals surface area (Å²) in [4.78, 5) is 15.3. The minimum atomic E-state index is -0.351. The SMILES string of the molecule is Cc1ccc2c(c1)C(=O)Oc1c(oc3ccc(C)cc13)N2c1cccc2c1CCCC2. The monoisotopic (exact) mass is 409 g/mol. The number of fused-ring (bicyclic) bond motifs is 5. The smallest absolute Gasteiger partial charge is 0.345 e. The second-order valence-corrected chi connectivity index (χ2v) is 8.60. The second kappa shape index (κ2) is 6.74. The number of ether oxygens (including phenoxy) is 1. The van der Waals surface area contributed by atoms with Crippen molar-refractivity contribution in [3.8, 4) is 5.75 Å². The Balaban J connectivity index is 1.70. The highest BCUT2D eigenvalue weighted by Gasteiger charge is 2.34. The molecule has 0 saturated heterocycles. The summed E-state index contributed by atoms with van der Waals surface area (Å²) in [6, 6.07) is 18.4. The van der Waals surface area contributed by atoms with Crippen LogP contribution in [-0.2, 0) is 12.8 Å². The van der Waals surface area contributed by atoms with Gasteiger partial charge in [0.05, 0.1) is 22.3 Å². The molecular weight excluding hydrogens is 386 g/mol. The highest BCUT2D eigenvalue weighted by Crippen LogP contribution is 2.51. The summed E-state index contributed by atoms with van der Waals surface area (Å²) in [7, 11) is 0. The van der Waals surface area contributed by atoms with Gasteiger partial charge in [-0.05, 0) is 81.0 Å². The van der Waals surface area contributed by atoms with Crippen molar-refractivity contribution in [2.24, 2.45) is 0 Å². The zero-order valence-corrected chi connectivity index (χ0v) is 17.7. The first kappa shape index (κ1) is 18.3. The van der Waals surface area contributed by atoms with Crippen LogP contribution < -0.4 is 9.64 Å². The molecule has 4 heteroatoms. The maximum absolute atomic E-state index is 13.2. The fourth-order valence-electron chi connectivity index (χ4n) is 4.90. The molecule has 0 saturated carbocycles. The molecule has 154 valence electrons. The summed E-state index contributed by atoms with van der Waals surface area (Å²) in [6.07, 6.45) is 4.48. The largest absolute Gasteiger partial charge is 0.436 e. The molecule has 2 aliphatic rings. The Kier molecular flexibility index (Phi) is 3.97. The molecule has 0 N–H and O–H groups in total. The third-order valence-corrected chi connectivity index (χ3v) is 6.40. The van der Waals surface area contributed by atoms with Gasteiger partial charge in [-0.15, -0.1) is 0 Å². The quantitative estimate of drug-likeness (QED) is 0.320. The summed E-state index contributed by atoms with van der Waals surface area (Å²) >= 11 is 0. The fourth-order valence-corrected chi connectivity index (χ4v) is 4.90. The van der Waals surface area contributed by atoms with Gasteiger partial charge in [0.15, 0.2) is 0 Å². The van der Waals surface area contributed by atoms with Crippen LogP contribution >= 0.6 is 0 Å². The molecule has 2 heterocycles. The van der Waals surface area contributed by atoms with Crippen LogP contribution in [0.3, 0.4) is 0 Å². The lowest BCUT2D eigenvalue weighted by Gasteiger charge is -2.28. The second-order valence-electron chi connectivity index (χ2n) is 8.60. The van der Waals surface area contributed by atoms with E-state index in [9.17, 15) is 4.79 Å². The summed E-state index contributed by atoms with van der Waals surface area (Å²) in [5.74, 6) is 0.706. The Hall–Kier alpha value is -3.53. The maximum atomic E-state index is 13.2. The van der Waals surface area contributed by atoms with Crippen molar-refractivity contribution in [2.75, 3.05) is 4.90 Å². The van der Waals surface area contributed by atoms with Crippen LogP contribution in [0.1, 0.15) is 45.5 Å². The fraction of sp³-hybridized carbons (Fsp3) is 0.222. The van der Waals surface area contributed by atoms with Crippen LogP contribution in [0.2, 0.25) is 0 Å². The Labute approximate surface area is 181 Å². The average molecular weight is 409 g/mol. The van der Waals surface area contributed by atoms with Crippen LogP contribution in [-0.4, -0.2) is 5.97 Å². The van der Waals surface area contributed by atoms with Crippen LogP contribution in [0, 0.1) is 13.8 Å². The molecule has 31 heavy (non-hydrogen) atoms. The molecule has 1 aliphatic carbocycles. The molecule has 0 amide bonds. The number of furan rings is 1. The molecule has 1 aromatic heterocycles. The lowest BCUT2D eigenvalue weighted by atomic mass is 9.90. The molecular formula is C27H23NO3. The Morgan fingerprint density at radius 3 is 2.58 bits per heavy atom. The molecule has 3 aromatic carbocycles. The third kappa shape index (κ3) is 2.78. The van der Waals surface area contributed by atoms with E-state index in [1.807, 2.05) is 50.2 Å². The number of hydrogen-bond donors (Lipinski definition) is 0. The number of carbonyl (C=O) groups is 1. The normalized spacial score (nSPS) is 15.2. The number of aryl methyl sites for hydroxylation is 3. The molecule has 0 spiro atoms. The molecule has 0 atom stereocenters. The molecule has 6 rings (SSSR count). The number of esters is 1. The average Bonchev–Trinajstić information content (AvgIpc) is 3.06. The summed E-state index contributed by atoms with van der Waals surface area (Å²) in [5.41, 5.74) is 7.95. The highest BCUT2D eigenvalue weighted by atomic mass is 16.5. The number of nitrogens with zero attached hydrogens (tertiary/aromatic N) is 1. The first-order chi connectivity index (χ1) is 15.1. The van der Waals surface area contributed by atoms with Gasteiger partial charge >= 0.3 is 5.97 Å². The lowest BCUT2D eigenvalue weighted by molar-refractivity contribution is 0.0740. The van der Waals surface area contributed by atoms with E-state index < -0.39 is 0 Å². The molecule has 1 aliphatic heterocycles. The van der Waals surface area contributed by atoms with Crippen molar-refractivity contribution >= 4 is 34.2 Å². The van der Waals surface area contributed by atoms with Crippen molar-refractivity contribution < 1.29 is 13.9 Å².